The van der Waals surface area contributed by atoms with Crippen molar-refractivity contribution in [3.63, 3.8) is 0 Å². The number of carbonyl (C=O) groups is 12. The van der Waals surface area contributed by atoms with Crippen LogP contribution >= 0.6 is 136 Å². The summed E-state index contributed by atoms with van der Waals surface area (Å²) in [5.41, 5.74) is -3.77. The Bertz CT molecular complexity index is 5900. The average molecular weight is 2330 g/mol. The van der Waals surface area contributed by atoms with Gasteiger partial charge in [0.05, 0.1) is 52.0 Å². The predicted molar refractivity (Wildman–Crippen MR) is 594 cm³/mol. The molecule has 4 unspecified atom stereocenters. The standard InChI is InChI=1S/C39H46FN5O7.C35H45N5O7S2.C27H35Br2N5O7.6H2S/c1-38(2,3)52-37(51)41-30-15-11-6-4-5-10-14-26-22-39(26,36(49)50)42-33(46)32-20-28(23-44(32)35(30)48)45-34(47)29(24-16-18-27(40)19-17-24)21-31(43-45)25-12-8-7-9-13-25;1-34(2,3)47-33(46)37-26-10-8-6-4-5-7-9-23-16-35(23,32(44)45)38-29(41)27-15-24(18-39(27)30(26)42)40-31(43)28(22-12-14-49-20-22)25(17-36-40)21-11-13-48-19-21;1-26(2,3)41-25(40)31-18-10-8-6-4-5-7-9-15-12-27(15,24(38)39)32-21(35)19-11-16(14-33(19)22(18)36)34-23(37)20(29)17(28)13-30-34;;;;;;/h7-10,12-14,16-19,21,26,28,30,32-33,42,46H,4-6,11,15,20,22-23H2,1-3H3,(H,41,51)(H,49,50);11-14,17,19-20,23-28H,4-10,15-16,18H2,1-3H3,(H,37,46)(H,38,41)(H,44,45);7,9,13,15-16,18-19H,4-6,8,10-12,14H2,1-3H3,(H,31,40)(H,32,35)(H,38,39);6*1H2/b14-10-;;9-7-;;;;;;/t26-,28+,30-,32?,33+,39+;23-,24+,25-,26-,27?,28?,35+;15-,16+,18-,19?,27+;;;;;;/m111....../s1. The molecule has 18 atom stereocenters. The highest BCUT2D eigenvalue weighted by Crippen LogP contribution is 2.51. The van der Waals surface area contributed by atoms with Gasteiger partial charge in [0.25, 0.3) is 17.0 Å². The first-order valence-electron chi connectivity index (χ1n) is 48.7. The summed E-state index contributed by atoms with van der Waals surface area (Å²) in [6.45, 7) is 15.4. The molecule has 7 fully saturated rings. The third-order valence-corrected chi connectivity index (χ3v) is 31.0. The Kier molecular flexibility index (Phi) is 44.2. The molecule has 10 N–H and O–H groups in total. The molecule has 3 saturated carbocycles. The zero-order valence-corrected chi connectivity index (χ0v) is 94.8. The molecule has 3 aliphatic carbocycles. The number of alkyl carbamates (subject to hydrolysis) is 3. The lowest BCUT2D eigenvalue weighted by Gasteiger charge is -2.35. The van der Waals surface area contributed by atoms with E-state index in [4.69, 9.17) is 19.3 Å². The third-order valence-electron chi connectivity index (χ3n) is 27.7. The Hall–Kier alpha value is -9.30. The van der Waals surface area contributed by atoms with Crippen LogP contribution in [-0.4, -0.2) is 239 Å². The molecule has 6 aromatic rings. The second-order valence-corrected chi connectivity index (χ2v) is 44.6. The van der Waals surface area contributed by atoms with E-state index >= 15 is 0 Å². The molecule has 16 rings (SSSR count). The number of carbonyl (C=O) groups excluding carboxylic acids is 9. The smallest absolute Gasteiger partial charge is 0.408 e. The van der Waals surface area contributed by atoms with Gasteiger partial charge >= 0.3 is 36.2 Å². The second kappa shape index (κ2) is 52.8. The summed E-state index contributed by atoms with van der Waals surface area (Å²) in [6.07, 6.45) is 19.8. The highest BCUT2D eigenvalue weighted by atomic mass is 79.9. The molecule has 7 aliphatic heterocycles. The number of allylic oxidation sites excluding steroid dienone is 2. The van der Waals surface area contributed by atoms with Gasteiger partial charge in [0.15, 0.2) is 0 Å². The molecule has 812 valence electrons. The number of carboxylic acid groups (broad SMARTS) is 3. The topological polar surface area (TPSA) is 481 Å². The number of aliphatic hydroxyl groups is 1. The van der Waals surface area contributed by atoms with Gasteiger partial charge < -0.3 is 75.9 Å². The van der Waals surface area contributed by atoms with Crippen molar-refractivity contribution < 1.29 is 96.6 Å². The monoisotopic (exact) mass is 2330 g/mol. The number of thiophene rings is 2. The minimum Gasteiger partial charge on any atom is -0.480 e. The largest absolute Gasteiger partial charge is 0.480 e. The maximum absolute atomic E-state index is 14.5. The van der Waals surface area contributed by atoms with E-state index < -0.39 is 183 Å². The molecule has 11 heterocycles. The maximum Gasteiger partial charge on any atom is 0.408 e. The van der Waals surface area contributed by atoms with Gasteiger partial charge in [-0.3, -0.25) is 48.5 Å². The fourth-order valence-corrected chi connectivity index (χ4v) is 22.1. The number of rotatable bonds is 13. The van der Waals surface area contributed by atoms with E-state index in [0.717, 1.165) is 80.9 Å². The van der Waals surface area contributed by atoms with E-state index in [0.29, 0.717) is 67.1 Å². The highest BCUT2D eigenvalue weighted by Gasteiger charge is 2.65. The van der Waals surface area contributed by atoms with Crippen LogP contribution in [0.3, 0.4) is 0 Å². The van der Waals surface area contributed by atoms with Crippen molar-refractivity contribution in [1.29, 1.82) is 0 Å². The lowest BCUT2D eigenvalue weighted by atomic mass is 9.82. The van der Waals surface area contributed by atoms with Gasteiger partial charge in [0.2, 0.25) is 29.5 Å². The second-order valence-electron chi connectivity index (χ2n) is 41.4. The Morgan fingerprint density at radius 1 is 0.507 bits per heavy atom. The number of carboxylic acids is 3. The van der Waals surface area contributed by atoms with E-state index in [1.807, 2.05) is 88.3 Å². The number of halogens is 3. The fourth-order valence-electron chi connectivity index (χ4n) is 20.1. The number of hydrogen-bond donors (Lipinski definition) is 10. The lowest BCUT2D eigenvalue weighted by Crippen LogP contribution is -2.58. The van der Waals surface area contributed by atoms with Crippen molar-refractivity contribution in [2.45, 2.75) is 316 Å². The summed E-state index contributed by atoms with van der Waals surface area (Å²) in [5.74, 6) is -8.40. The van der Waals surface area contributed by atoms with Crippen molar-refractivity contribution in [2.24, 2.45) is 22.9 Å². The van der Waals surface area contributed by atoms with Gasteiger partial charge in [-0.1, -0.05) is 125 Å². The molecule has 4 saturated heterocycles. The van der Waals surface area contributed by atoms with Crippen molar-refractivity contribution in [2.75, 3.05) is 19.6 Å². The average Bonchev–Trinajstić information content (AvgIpc) is 1.61. The van der Waals surface area contributed by atoms with E-state index in [9.17, 15) is 91.9 Å². The number of nitrogens with zero attached hydrogens (tertiary/aromatic N) is 9. The molecule has 0 radical (unpaired) electrons. The van der Waals surface area contributed by atoms with Crippen molar-refractivity contribution in [3.8, 4) is 22.4 Å². The number of benzene rings is 2. The van der Waals surface area contributed by atoms with Crippen LogP contribution < -0.4 is 43.0 Å². The van der Waals surface area contributed by atoms with E-state index in [2.05, 4.69) is 74.0 Å². The summed E-state index contributed by atoms with van der Waals surface area (Å²) in [6, 6.07) is 12.2. The van der Waals surface area contributed by atoms with Gasteiger partial charge in [-0.25, -0.2) is 42.7 Å². The van der Waals surface area contributed by atoms with Crippen LogP contribution in [0.25, 0.3) is 22.4 Å². The van der Waals surface area contributed by atoms with Gasteiger partial charge in [0.1, 0.15) is 80.1 Å². The van der Waals surface area contributed by atoms with E-state index in [1.165, 1.54) is 70.9 Å². The summed E-state index contributed by atoms with van der Waals surface area (Å²) in [7, 11) is 0. The molecule has 10 aliphatic rings. The summed E-state index contributed by atoms with van der Waals surface area (Å²) in [5, 5.41) is 81.8. The molecule has 0 spiro atoms. The zero-order chi connectivity index (χ0) is 102. The molecule has 4 aromatic heterocycles. The van der Waals surface area contributed by atoms with Crippen molar-refractivity contribution in [1.82, 2.24) is 71.2 Å². The Labute approximate surface area is 925 Å². The van der Waals surface area contributed by atoms with Crippen LogP contribution in [0.5, 0.6) is 0 Å². The third kappa shape index (κ3) is 30.0. The summed E-state index contributed by atoms with van der Waals surface area (Å²) >= 11 is 9.55. The first-order chi connectivity index (χ1) is 67.4. The highest BCUT2D eigenvalue weighted by molar-refractivity contribution is 9.13. The number of aromatic nitrogens is 4. The first kappa shape index (κ1) is 124. The first-order valence-corrected chi connectivity index (χ1v) is 52.2. The number of amides is 9. The quantitative estimate of drug-likeness (QED) is 0.0379. The van der Waals surface area contributed by atoms with Gasteiger partial charge in [-0.2, -0.15) is 119 Å². The molecule has 47 heteroatoms. The van der Waals surface area contributed by atoms with Crippen molar-refractivity contribution in [3.05, 3.63) is 171 Å². The van der Waals surface area contributed by atoms with Crippen molar-refractivity contribution >= 4 is 213 Å². The van der Waals surface area contributed by atoms with Crippen LogP contribution in [0.15, 0.2) is 148 Å². The van der Waals surface area contributed by atoms with Gasteiger partial charge in [-0.05, 0) is 246 Å². The molecular formula is C101H138Br2FN15O21S8. The number of fused-ring (bicyclic) bond motifs is 6. The SMILES string of the molecule is CC(C)(C)OC(=O)N[C@@H]1CCCCC/C=C\[C@@H]2C[C@]2(C(=O)O)NC(=O)C2C[C@H](n3ncc(Br)c(Br)c3=O)CN2C1=O.CC(C)(C)OC(=O)N[C@@H]1CCCCC/C=C\[C@@H]2C[C@]2(C(=O)O)N[C@@H](O)C2C[C@H](n3nc(-c4ccccc4)cc(-c4ccc(F)cc4)c3=O)CN2C1=O.CC(C)(C)OC(=O)N[C@@H]1CCCCCCC[C@@H]2C[C@]2(C(=O)O)NC(=O)C2C[C@H](N3N=C[C@H](c4ccsc4)C(c4ccsc4)C3=O)CN2C1=O.S.S.S.S.S.S. The van der Waals surface area contributed by atoms with Crippen LogP contribution in [0.1, 0.15) is 245 Å². The Balaban J connectivity index is 0.000000267. The minimum atomic E-state index is -1.50. The number of ether oxygens (including phenoxy) is 3. The molecule has 148 heavy (non-hydrogen) atoms. The van der Waals surface area contributed by atoms with Crippen LogP contribution in [0.2, 0.25) is 0 Å². The number of hydrogen-bond acceptors (Lipinski definition) is 24. The summed E-state index contributed by atoms with van der Waals surface area (Å²) < 4.78 is 33.5. The minimum absolute atomic E-state index is 0. The number of aliphatic carboxylic acids is 3. The predicted octanol–water partition coefficient (Wildman–Crippen LogP) is 14.1. The number of hydrazone groups is 1. The van der Waals surface area contributed by atoms with Crippen LogP contribution in [0, 0.1) is 23.6 Å². The Morgan fingerprint density at radius 2 is 0.959 bits per heavy atom. The molecular weight excluding hydrogens is 2190 g/mol. The molecule has 0 bridgehead atoms. The fraction of sp³-hybridized carbons (Fsp3) is 0.554. The van der Waals surface area contributed by atoms with Gasteiger partial charge in [0, 0.05) is 62.0 Å². The Morgan fingerprint density at radius 3 is 1.47 bits per heavy atom. The van der Waals surface area contributed by atoms with E-state index in [-0.39, 0.29) is 172 Å². The maximum atomic E-state index is 14.5. The molecule has 2 aromatic carbocycles. The number of aliphatic hydroxyl groups excluding tert-OH is 1. The normalized spacial score (nSPS) is 28.2. The van der Waals surface area contributed by atoms with Gasteiger partial charge in [-0.15, -0.1) is 0 Å². The van der Waals surface area contributed by atoms with Crippen LogP contribution in [-0.2, 0) is 57.4 Å². The van der Waals surface area contributed by atoms with E-state index in [1.54, 1.807) is 85.9 Å². The number of nitrogens with one attached hydrogen (secondary N) is 6. The summed E-state index contributed by atoms with van der Waals surface area (Å²) in [4.78, 5) is 192. The molecule has 36 nitrogen and oxygen atoms in total. The zero-order valence-electron chi connectivity index (χ0n) is 84.0. The molecule has 9 amide bonds. The van der Waals surface area contributed by atoms with Crippen LogP contribution in [0.4, 0.5) is 18.8 Å². The lowest BCUT2D eigenvalue weighted by molar-refractivity contribution is -0.146.